The van der Waals surface area contributed by atoms with E-state index in [-0.39, 0.29) is 41.8 Å². The van der Waals surface area contributed by atoms with Crippen LogP contribution in [0.25, 0.3) is 0 Å². The molecule has 1 aliphatic heterocycles. The molecule has 168 valence electrons. The summed E-state index contributed by atoms with van der Waals surface area (Å²) in [6.45, 7) is 7.91. The minimum Gasteiger partial charge on any atom is -0.379 e. The van der Waals surface area contributed by atoms with Gasteiger partial charge >= 0.3 is 0 Å². The SMILES string of the molecule is CCNC(=NCC(c1cccc(Cl)c1)N1CCOCC1)NCCNC(=O)C1CC1.I. The minimum absolute atomic E-state index is 0. The van der Waals surface area contributed by atoms with Crippen molar-refractivity contribution >= 4 is 47.4 Å². The number of hydrogen-bond donors (Lipinski definition) is 3. The average Bonchev–Trinajstić information content (AvgIpc) is 3.57. The molecule has 0 spiro atoms. The molecule has 2 fully saturated rings. The molecule has 1 saturated heterocycles. The van der Waals surface area contributed by atoms with E-state index < -0.39 is 0 Å². The number of carbonyl (C=O) groups is 1. The second-order valence-corrected chi connectivity index (χ2v) is 7.87. The number of amides is 1. The molecule has 1 unspecified atom stereocenters. The number of rotatable bonds is 9. The highest BCUT2D eigenvalue weighted by atomic mass is 127. The lowest BCUT2D eigenvalue weighted by Crippen LogP contribution is -2.43. The van der Waals surface area contributed by atoms with Gasteiger partial charge in [-0.2, -0.15) is 0 Å². The van der Waals surface area contributed by atoms with E-state index in [2.05, 4.69) is 26.9 Å². The fourth-order valence-electron chi connectivity index (χ4n) is 3.41. The Morgan fingerprint density at radius 3 is 2.63 bits per heavy atom. The molecule has 1 saturated carbocycles. The predicted molar refractivity (Wildman–Crippen MR) is 132 cm³/mol. The fourth-order valence-corrected chi connectivity index (χ4v) is 3.61. The van der Waals surface area contributed by atoms with E-state index in [1.807, 2.05) is 25.1 Å². The number of ether oxygens (including phenoxy) is 1. The number of halogens is 2. The van der Waals surface area contributed by atoms with Gasteiger partial charge < -0.3 is 20.7 Å². The third-order valence-electron chi connectivity index (χ3n) is 5.15. The Hall–Kier alpha value is -1.10. The molecule has 1 aromatic rings. The van der Waals surface area contributed by atoms with Gasteiger partial charge in [0.15, 0.2) is 5.96 Å². The quantitative estimate of drug-likeness (QED) is 0.191. The van der Waals surface area contributed by atoms with Crippen LogP contribution >= 0.6 is 35.6 Å². The van der Waals surface area contributed by atoms with Crippen molar-refractivity contribution in [1.82, 2.24) is 20.9 Å². The highest BCUT2D eigenvalue weighted by Gasteiger charge is 2.29. The highest BCUT2D eigenvalue weighted by molar-refractivity contribution is 14.0. The van der Waals surface area contributed by atoms with Gasteiger partial charge in [0.1, 0.15) is 0 Å². The zero-order valence-electron chi connectivity index (χ0n) is 17.5. The first kappa shape index (κ1) is 25.2. The van der Waals surface area contributed by atoms with Crippen LogP contribution in [0, 0.1) is 5.92 Å². The van der Waals surface area contributed by atoms with Crippen molar-refractivity contribution in [2.24, 2.45) is 10.9 Å². The van der Waals surface area contributed by atoms with Gasteiger partial charge in [-0.3, -0.25) is 14.7 Å². The number of nitrogens with one attached hydrogen (secondary N) is 3. The number of morpholine rings is 1. The molecule has 2 aliphatic rings. The maximum Gasteiger partial charge on any atom is 0.223 e. The largest absolute Gasteiger partial charge is 0.379 e. The molecular weight excluding hydrogens is 517 g/mol. The van der Waals surface area contributed by atoms with Crippen LogP contribution in [-0.2, 0) is 9.53 Å². The predicted octanol–water partition coefficient (Wildman–Crippen LogP) is 2.41. The Labute approximate surface area is 201 Å². The van der Waals surface area contributed by atoms with Crippen LogP contribution in [0.5, 0.6) is 0 Å². The summed E-state index contributed by atoms with van der Waals surface area (Å²) in [6.07, 6.45) is 2.05. The Morgan fingerprint density at radius 2 is 1.97 bits per heavy atom. The standard InChI is InChI=1S/C21H32ClN5O2.HI/c1-2-23-21(25-9-8-24-20(28)16-6-7-16)26-15-19(27-10-12-29-13-11-27)17-4-3-5-18(22)14-17;/h3-5,14,16,19H,2,6-13,15H2,1H3,(H,24,28)(H2,23,25,26);1H. The van der Waals surface area contributed by atoms with Crippen LogP contribution in [0.3, 0.4) is 0 Å². The molecule has 3 N–H and O–H groups in total. The molecule has 1 aliphatic carbocycles. The summed E-state index contributed by atoms with van der Waals surface area (Å²) < 4.78 is 5.52. The second kappa shape index (κ2) is 13.3. The van der Waals surface area contributed by atoms with Gasteiger partial charge in [0.25, 0.3) is 0 Å². The topological polar surface area (TPSA) is 78.0 Å². The van der Waals surface area contributed by atoms with Crippen LogP contribution in [0.15, 0.2) is 29.3 Å². The molecule has 1 amide bonds. The normalized spacial score (nSPS) is 18.3. The summed E-state index contributed by atoms with van der Waals surface area (Å²) in [6, 6.07) is 8.15. The van der Waals surface area contributed by atoms with Gasteiger partial charge in [-0.1, -0.05) is 23.7 Å². The van der Waals surface area contributed by atoms with E-state index in [9.17, 15) is 4.79 Å². The summed E-state index contributed by atoms with van der Waals surface area (Å²) in [5.41, 5.74) is 1.16. The molecule has 9 heteroatoms. The molecule has 0 aromatic heterocycles. The third-order valence-corrected chi connectivity index (χ3v) is 5.39. The molecule has 3 rings (SSSR count). The Kier molecular flexibility index (Phi) is 11.2. The number of aliphatic imine (C=N–C) groups is 1. The molecule has 0 bridgehead atoms. The lowest BCUT2D eigenvalue weighted by Gasteiger charge is -2.34. The van der Waals surface area contributed by atoms with Crippen LogP contribution in [0.1, 0.15) is 31.4 Å². The highest BCUT2D eigenvalue weighted by Crippen LogP contribution is 2.28. The van der Waals surface area contributed by atoms with Crippen LogP contribution in [0.2, 0.25) is 5.02 Å². The Balaban J connectivity index is 0.00000320. The Bertz CT molecular complexity index is 696. The monoisotopic (exact) mass is 549 g/mol. The maximum absolute atomic E-state index is 11.7. The van der Waals surface area contributed by atoms with E-state index in [0.717, 1.165) is 62.2 Å². The molecular formula is C21H33ClIN5O2. The third kappa shape index (κ3) is 8.20. The zero-order chi connectivity index (χ0) is 20.5. The summed E-state index contributed by atoms with van der Waals surface area (Å²) in [7, 11) is 0. The molecule has 1 heterocycles. The Morgan fingerprint density at radius 1 is 1.23 bits per heavy atom. The van der Waals surface area contributed by atoms with Gasteiger partial charge in [-0.25, -0.2) is 0 Å². The van der Waals surface area contributed by atoms with Crippen molar-refractivity contribution in [3.05, 3.63) is 34.9 Å². The van der Waals surface area contributed by atoms with Gasteiger partial charge in [0.2, 0.25) is 5.91 Å². The maximum atomic E-state index is 11.7. The number of carbonyl (C=O) groups excluding carboxylic acids is 1. The van der Waals surface area contributed by atoms with Crippen LogP contribution in [0.4, 0.5) is 0 Å². The van der Waals surface area contributed by atoms with Crippen molar-refractivity contribution in [3.63, 3.8) is 0 Å². The first-order valence-electron chi connectivity index (χ1n) is 10.5. The van der Waals surface area contributed by atoms with Crippen LogP contribution in [-0.4, -0.2) is 69.2 Å². The number of benzene rings is 1. The fraction of sp³-hybridized carbons (Fsp3) is 0.619. The van der Waals surface area contributed by atoms with E-state index in [4.69, 9.17) is 21.3 Å². The second-order valence-electron chi connectivity index (χ2n) is 7.43. The molecule has 0 radical (unpaired) electrons. The van der Waals surface area contributed by atoms with Crippen molar-refractivity contribution in [3.8, 4) is 0 Å². The minimum atomic E-state index is 0. The smallest absolute Gasteiger partial charge is 0.223 e. The lowest BCUT2D eigenvalue weighted by atomic mass is 10.0. The van der Waals surface area contributed by atoms with Gasteiger partial charge in [-0.05, 0) is 37.5 Å². The van der Waals surface area contributed by atoms with Crippen molar-refractivity contribution in [1.29, 1.82) is 0 Å². The lowest BCUT2D eigenvalue weighted by molar-refractivity contribution is -0.122. The number of guanidine groups is 1. The summed E-state index contributed by atoms with van der Waals surface area (Å²) >= 11 is 6.24. The number of nitrogens with zero attached hydrogens (tertiary/aromatic N) is 2. The first-order chi connectivity index (χ1) is 14.2. The van der Waals surface area contributed by atoms with Crippen LogP contribution < -0.4 is 16.0 Å². The summed E-state index contributed by atoms with van der Waals surface area (Å²) in [5, 5.41) is 10.3. The van der Waals surface area contributed by atoms with E-state index in [1.165, 1.54) is 0 Å². The number of hydrogen-bond acceptors (Lipinski definition) is 4. The molecule has 7 nitrogen and oxygen atoms in total. The summed E-state index contributed by atoms with van der Waals surface area (Å²) in [5.74, 6) is 1.17. The van der Waals surface area contributed by atoms with Crippen molar-refractivity contribution in [2.75, 3.05) is 52.5 Å². The van der Waals surface area contributed by atoms with Crippen molar-refractivity contribution < 1.29 is 9.53 Å². The van der Waals surface area contributed by atoms with Gasteiger partial charge in [-0.15, -0.1) is 24.0 Å². The van der Waals surface area contributed by atoms with E-state index in [0.29, 0.717) is 19.6 Å². The molecule has 1 aromatic carbocycles. The van der Waals surface area contributed by atoms with E-state index >= 15 is 0 Å². The van der Waals surface area contributed by atoms with Crippen molar-refractivity contribution in [2.45, 2.75) is 25.8 Å². The van der Waals surface area contributed by atoms with Gasteiger partial charge in [0, 0.05) is 43.7 Å². The molecule has 30 heavy (non-hydrogen) atoms. The summed E-state index contributed by atoms with van der Waals surface area (Å²) in [4.78, 5) is 19.0. The molecule has 1 atom stereocenters. The first-order valence-corrected chi connectivity index (χ1v) is 10.9. The van der Waals surface area contributed by atoms with E-state index in [1.54, 1.807) is 0 Å². The van der Waals surface area contributed by atoms with Gasteiger partial charge in [0.05, 0.1) is 25.8 Å². The zero-order valence-corrected chi connectivity index (χ0v) is 20.6. The average molecular weight is 550 g/mol.